The first-order valence-corrected chi connectivity index (χ1v) is 4.60. The fraction of sp³-hybridized carbons (Fsp3) is 0.700. The van der Waals surface area contributed by atoms with Gasteiger partial charge in [0.25, 0.3) is 0 Å². The molecule has 0 radical (unpaired) electrons. The molecule has 76 valence electrons. The minimum Gasteiger partial charge on any atom is -0.480 e. The second kappa shape index (κ2) is 5.02. The van der Waals surface area contributed by atoms with Crippen molar-refractivity contribution in [3.63, 3.8) is 0 Å². The molecular weight excluding hydrogens is 166 g/mol. The van der Waals surface area contributed by atoms with Crippen LogP contribution in [0, 0.1) is 0 Å². The Labute approximate surface area is 79.8 Å². The van der Waals surface area contributed by atoms with Crippen LogP contribution in [0.5, 0.6) is 0 Å². The lowest BCUT2D eigenvalue weighted by molar-refractivity contribution is -0.144. The summed E-state index contributed by atoms with van der Waals surface area (Å²) < 4.78 is 0. The molecule has 3 heteroatoms. The van der Waals surface area contributed by atoms with Crippen molar-refractivity contribution in [1.29, 1.82) is 0 Å². The highest BCUT2D eigenvalue weighted by Crippen LogP contribution is 2.13. The normalized spacial score (nSPS) is 17.5. The summed E-state index contributed by atoms with van der Waals surface area (Å²) >= 11 is 0. The first kappa shape index (κ1) is 12.2. The average molecular weight is 185 g/mol. The fourth-order valence-electron chi connectivity index (χ4n) is 1.30. The van der Waals surface area contributed by atoms with Crippen LogP contribution in [0.25, 0.3) is 0 Å². The molecule has 0 amide bonds. The molecule has 0 bridgehead atoms. The Morgan fingerprint density at radius 1 is 1.77 bits per heavy atom. The molecule has 0 aliphatic heterocycles. The van der Waals surface area contributed by atoms with E-state index < -0.39 is 11.5 Å². The first-order chi connectivity index (χ1) is 5.96. The summed E-state index contributed by atoms with van der Waals surface area (Å²) in [4.78, 5) is 11.0. The Morgan fingerprint density at radius 3 is 2.62 bits per heavy atom. The average Bonchev–Trinajstić information content (AvgIpc) is 2.04. The molecule has 13 heavy (non-hydrogen) atoms. The molecule has 0 fully saturated rings. The Kier molecular flexibility index (Phi) is 4.70. The van der Waals surface area contributed by atoms with Crippen molar-refractivity contribution in [2.24, 2.45) is 0 Å². The van der Waals surface area contributed by atoms with E-state index in [1.807, 2.05) is 13.8 Å². The van der Waals surface area contributed by atoms with E-state index in [-0.39, 0.29) is 6.04 Å². The molecule has 0 rings (SSSR count). The first-order valence-electron chi connectivity index (χ1n) is 4.60. The summed E-state index contributed by atoms with van der Waals surface area (Å²) in [6.07, 6.45) is 3.18. The number of carboxylic acids is 1. The van der Waals surface area contributed by atoms with E-state index in [0.717, 1.165) is 6.42 Å². The quantitative estimate of drug-likeness (QED) is 0.620. The maximum absolute atomic E-state index is 11.0. The van der Waals surface area contributed by atoms with Gasteiger partial charge in [0.2, 0.25) is 0 Å². The third-order valence-electron chi connectivity index (χ3n) is 2.12. The highest BCUT2D eigenvalue weighted by Gasteiger charge is 2.32. The molecule has 0 aliphatic rings. The van der Waals surface area contributed by atoms with Crippen molar-refractivity contribution in [1.82, 2.24) is 5.32 Å². The lowest BCUT2D eigenvalue weighted by Crippen LogP contribution is -2.52. The Balaban J connectivity index is 4.40. The maximum Gasteiger partial charge on any atom is 0.323 e. The topological polar surface area (TPSA) is 49.3 Å². The van der Waals surface area contributed by atoms with E-state index in [9.17, 15) is 4.79 Å². The van der Waals surface area contributed by atoms with Gasteiger partial charge in [-0.05, 0) is 20.3 Å². The molecule has 0 aromatic rings. The summed E-state index contributed by atoms with van der Waals surface area (Å²) in [6, 6.07) is 0.0210. The molecular formula is C10H19NO2. The highest BCUT2D eigenvalue weighted by molar-refractivity contribution is 5.78. The third-order valence-corrected chi connectivity index (χ3v) is 2.12. The van der Waals surface area contributed by atoms with Crippen molar-refractivity contribution < 1.29 is 9.90 Å². The van der Waals surface area contributed by atoms with Gasteiger partial charge in [-0.1, -0.05) is 19.4 Å². The van der Waals surface area contributed by atoms with Crippen LogP contribution in [-0.4, -0.2) is 22.7 Å². The van der Waals surface area contributed by atoms with E-state index in [0.29, 0.717) is 6.42 Å². The van der Waals surface area contributed by atoms with Crippen LogP contribution in [0.15, 0.2) is 12.7 Å². The Morgan fingerprint density at radius 2 is 2.31 bits per heavy atom. The minimum atomic E-state index is -0.831. The second-order valence-corrected chi connectivity index (χ2v) is 3.56. The molecule has 0 saturated heterocycles. The number of carboxylic acid groups (broad SMARTS) is 1. The molecule has 0 aliphatic carbocycles. The van der Waals surface area contributed by atoms with Gasteiger partial charge in [0.1, 0.15) is 5.54 Å². The molecule has 2 unspecified atom stereocenters. The van der Waals surface area contributed by atoms with Gasteiger partial charge < -0.3 is 5.11 Å². The van der Waals surface area contributed by atoms with E-state index >= 15 is 0 Å². The second-order valence-electron chi connectivity index (χ2n) is 3.56. The van der Waals surface area contributed by atoms with Crippen LogP contribution in [0.2, 0.25) is 0 Å². The molecule has 0 spiro atoms. The van der Waals surface area contributed by atoms with Crippen molar-refractivity contribution in [3.8, 4) is 0 Å². The summed E-state index contributed by atoms with van der Waals surface area (Å²) in [5, 5.41) is 12.0. The molecule has 0 aromatic heterocycles. The third kappa shape index (κ3) is 3.59. The van der Waals surface area contributed by atoms with Crippen molar-refractivity contribution in [2.75, 3.05) is 0 Å². The van der Waals surface area contributed by atoms with E-state index in [1.165, 1.54) is 0 Å². The maximum atomic E-state index is 11.0. The molecule has 2 atom stereocenters. The van der Waals surface area contributed by atoms with Gasteiger partial charge in [-0.3, -0.25) is 10.1 Å². The zero-order valence-corrected chi connectivity index (χ0v) is 8.63. The van der Waals surface area contributed by atoms with Gasteiger partial charge in [0, 0.05) is 6.04 Å². The zero-order chi connectivity index (χ0) is 10.5. The van der Waals surface area contributed by atoms with Crippen LogP contribution >= 0.6 is 0 Å². The van der Waals surface area contributed by atoms with Gasteiger partial charge in [0.15, 0.2) is 0 Å². The van der Waals surface area contributed by atoms with Crippen LogP contribution in [-0.2, 0) is 4.79 Å². The lowest BCUT2D eigenvalue weighted by Gasteiger charge is -2.28. The number of aliphatic carboxylic acids is 1. The summed E-state index contributed by atoms with van der Waals surface area (Å²) in [7, 11) is 0. The number of hydrogen-bond acceptors (Lipinski definition) is 2. The standard InChI is InChI=1S/C10H19NO2/c1-5-7-10(4,9(12)13)11-8(3)6-2/h6,8,11H,2,5,7H2,1,3-4H3,(H,12,13). The fourth-order valence-corrected chi connectivity index (χ4v) is 1.30. The number of carbonyl (C=O) groups is 1. The van der Waals surface area contributed by atoms with Crippen LogP contribution in [0.3, 0.4) is 0 Å². The van der Waals surface area contributed by atoms with Crippen LogP contribution < -0.4 is 5.32 Å². The monoisotopic (exact) mass is 185 g/mol. The van der Waals surface area contributed by atoms with Gasteiger partial charge in [0.05, 0.1) is 0 Å². The van der Waals surface area contributed by atoms with E-state index in [2.05, 4.69) is 11.9 Å². The van der Waals surface area contributed by atoms with Crippen LogP contribution in [0.4, 0.5) is 0 Å². The van der Waals surface area contributed by atoms with Crippen molar-refractivity contribution in [3.05, 3.63) is 12.7 Å². The smallest absolute Gasteiger partial charge is 0.323 e. The molecule has 2 N–H and O–H groups in total. The van der Waals surface area contributed by atoms with Crippen molar-refractivity contribution >= 4 is 5.97 Å². The Bertz CT molecular complexity index is 191. The van der Waals surface area contributed by atoms with Gasteiger partial charge in [-0.25, -0.2) is 0 Å². The largest absolute Gasteiger partial charge is 0.480 e. The predicted octanol–water partition coefficient (Wildman–Crippen LogP) is 1.79. The summed E-state index contributed by atoms with van der Waals surface area (Å²) in [5.74, 6) is -0.803. The van der Waals surface area contributed by atoms with E-state index in [4.69, 9.17) is 5.11 Å². The molecule has 0 aromatic carbocycles. The minimum absolute atomic E-state index is 0.0210. The van der Waals surface area contributed by atoms with Gasteiger partial charge in [-0.2, -0.15) is 0 Å². The number of hydrogen-bond donors (Lipinski definition) is 2. The molecule has 3 nitrogen and oxygen atoms in total. The predicted molar refractivity (Wildman–Crippen MR) is 53.7 cm³/mol. The lowest BCUT2D eigenvalue weighted by atomic mass is 9.95. The van der Waals surface area contributed by atoms with Gasteiger partial charge in [-0.15, -0.1) is 6.58 Å². The van der Waals surface area contributed by atoms with Gasteiger partial charge >= 0.3 is 5.97 Å². The number of rotatable bonds is 6. The SMILES string of the molecule is C=CC(C)NC(C)(CCC)C(=O)O. The summed E-state index contributed by atoms with van der Waals surface area (Å²) in [5.41, 5.74) is -0.831. The molecule has 0 heterocycles. The highest BCUT2D eigenvalue weighted by atomic mass is 16.4. The summed E-state index contributed by atoms with van der Waals surface area (Å²) in [6.45, 7) is 9.18. The zero-order valence-electron chi connectivity index (χ0n) is 8.63. The van der Waals surface area contributed by atoms with Crippen LogP contribution in [0.1, 0.15) is 33.6 Å². The number of nitrogens with one attached hydrogen (secondary N) is 1. The van der Waals surface area contributed by atoms with Crippen molar-refractivity contribution in [2.45, 2.75) is 45.2 Å². The van der Waals surface area contributed by atoms with E-state index in [1.54, 1.807) is 13.0 Å². The molecule has 0 saturated carbocycles. The Hall–Kier alpha value is -0.830.